The van der Waals surface area contributed by atoms with Gasteiger partial charge in [-0.3, -0.25) is 0 Å². The molecule has 0 unspecified atom stereocenters. The summed E-state index contributed by atoms with van der Waals surface area (Å²) in [4.78, 5) is 4.53. The second kappa shape index (κ2) is 10.4. The van der Waals surface area contributed by atoms with Crippen LogP contribution in [0.15, 0.2) is 46.9 Å². The van der Waals surface area contributed by atoms with Crippen LogP contribution in [0.25, 0.3) is 0 Å². The second-order valence-corrected chi connectivity index (χ2v) is 6.43. The standard InChI is InChI=1S/C17H26N6S.ClH/c1-20(13-14-24)9-10-21(2)16-7-5-15(6-8-16)18-19-17-22(3)11-12-23(17)4;/h5-8,11-12H,9-10,13-14H2,1-4H3;1H. The molecule has 2 aromatic rings. The van der Waals surface area contributed by atoms with Gasteiger partial charge in [0.2, 0.25) is 0 Å². The van der Waals surface area contributed by atoms with Crippen molar-refractivity contribution in [3.05, 3.63) is 36.7 Å². The number of aromatic nitrogens is 2. The van der Waals surface area contributed by atoms with E-state index in [0.717, 1.165) is 37.0 Å². The van der Waals surface area contributed by atoms with E-state index in [0.29, 0.717) is 0 Å². The molecule has 25 heavy (non-hydrogen) atoms. The van der Waals surface area contributed by atoms with Crippen LogP contribution in [0.1, 0.15) is 0 Å². The molecule has 0 spiro atoms. The molecule has 2 rings (SSSR count). The predicted molar refractivity (Wildman–Crippen MR) is 102 cm³/mol. The molecule has 0 atom stereocenters. The van der Waals surface area contributed by atoms with Crippen molar-refractivity contribution in [2.24, 2.45) is 24.3 Å². The molecule has 0 aliphatic carbocycles. The van der Waals surface area contributed by atoms with E-state index in [9.17, 15) is 0 Å². The van der Waals surface area contributed by atoms with Crippen molar-refractivity contribution < 1.29 is 17.0 Å². The number of thiol groups is 1. The van der Waals surface area contributed by atoms with Crippen LogP contribution >= 0.6 is 12.6 Å². The van der Waals surface area contributed by atoms with Crippen molar-refractivity contribution in [3.8, 4) is 0 Å². The van der Waals surface area contributed by atoms with E-state index in [1.54, 1.807) is 0 Å². The third-order valence-electron chi connectivity index (χ3n) is 3.99. The van der Waals surface area contributed by atoms with Gasteiger partial charge in [-0.05, 0) is 31.3 Å². The van der Waals surface area contributed by atoms with Gasteiger partial charge in [0.1, 0.15) is 5.69 Å². The van der Waals surface area contributed by atoms with Crippen LogP contribution in [0.2, 0.25) is 0 Å². The summed E-state index contributed by atoms with van der Waals surface area (Å²) in [6.07, 6.45) is 3.91. The van der Waals surface area contributed by atoms with Crippen LogP contribution in [0.4, 0.5) is 17.3 Å². The van der Waals surface area contributed by atoms with Gasteiger partial charge in [-0.1, -0.05) is 5.11 Å². The molecule has 1 heterocycles. The fourth-order valence-electron chi connectivity index (χ4n) is 2.33. The number of nitrogens with zero attached hydrogens (tertiary/aromatic N) is 6. The number of likely N-dealkylation sites (N-methyl/N-ethyl adjacent to an activating group) is 2. The first-order chi connectivity index (χ1) is 11.5. The van der Waals surface area contributed by atoms with Crippen LogP contribution in [-0.2, 0) is 14.1 Å². The Morgan fingerprint density at radius 3 is 2.32 bits per heavy atom. The highest BCUT2D eigenvalue weighted by Crippen LogP contribution is 2.20. The van der Waals surface area contributed by atoms with Crippen molar-refractivity contribution in [2.75, 3.05) is 44.4 Å². The molecule has 138 valence electrons. The second-order valence-electron chi connectivity index (χ2n) is 5.98. The number of aryl methyl sites for hydroxylation is 2. The zero-order chi connectivity index (χ0) is 17.5. The minimum absolute atomic E-state index is 0. The Hall–Kier alpha value is -1.57. The smallest absolute Gasteiger partial charge is 0.421 e. The Morgan fingerprint density at radius 1 is 1.08 bits per heavy atom. The lowest BCUT2D eigenvalue weighted by atomic mass is 10.2. The topological polar surface area (TPSA) is 40.0 Å². The summed E-state index contributed by atoms with van der Waals surface area (Å²) in [6.45, 7) is 3.00. The molecule has 0 amide bonds. The van der Waals surface area contributed by atoms with Gasteiger partial charge in [-0.2, -0.15) is 12.6 Å². The van der Waals surface area contributed by atoms with Crippen LogP contribution in [-0.4, -0.2) is 48.9 Å². The van der Waals surface area contributed by atoms with Gasteiger partial charge in [-0.15, -0.1) is 0 Å². The molecule has 0 aliphatic rings. The van der Waals surface area contributed by atoms with Crippen molar-refractivity contribution in [1.29, 1.82) is 0 Å². The molecule has 0 fully saturated rings. The van der Waals surface area contributed by atoms with Gasteiger partial charge in [0.05, 0.1) is 26.5 Å². The number of hydrogen-bond acceptors (Lipinski definition) is 5. The maximum Gasteiger partial charge on any atom is 0.421 e. The molecular formula is C17H27ClN6S. The molecule has 0 radical (unpaired) electrons. The summed E-state index contributed by atoms with van der Waals surface area (Å²) in [5.41, 5.74) is 2.03. The van der Waals surface area contributed by atoms with Gasteiger partial charge in [-0.25, -0.2) is 9.13 Å². The predicted octanol–water partition coefficient (Wildman–Crippen LogP) is -0.433. The molecule has 6 nitrogen and oxygen atoms in total. The summed E-state index contributed by atoms with van der Waals surface area (Å²) in [6, 6.07) is 8.15. The third-order valence-corrected chi connectivity index (χ3v) is 4.19. The maximum absolute atomic E-state index is 4.32. The maximum atomic E-state index is 4.32. The molecular weight excluding hydrogens is 356 g/mol. The summed E-state index contributed by atoms with van der Waals surface area (Å²) >= 11 is 4.26. The van der Waals surface area contributed by atoms with E-state index in [2.05, 4.69) is 58.9 Å². The SMILES string of the molecule is CN(CCS)CCN(C)c1ccc(N=Nc2n(C)cc[n+]2C)cc1.[Cl-]. The Morgan fingerprint density at radius 2 is 1.76 bits per heavy atom. The highest BCUT2D eigenvalue weighted by Gasteiger charge is 2.10. The monoisotopic (exact) mass is 382 g/mol. The molecule has 1 aromatic carbocycles. The molecule has 0 bridgehead atoms. The Balaban J connectivity index is 0.00000312. The normalized spacial score (nSPS) is 11.1. The van der Waals surface area contributed by atoms with Gasteiger partial charge in [0.15, 0.2) is 0 Å². The Labute approximate surface area is 162 Å². The van der Waals surface area contributed by atoms with Crippen LogP contribution in [0.5, 0.6) is 0 Å². The van der Waals surface area contributed by atoms with Crippen molar-refractivity contribution in [3.63, 3.8) is 0 Å². The summed E-state index contributed by atoms with van der Waals surface area (Å²) in [5, 5.41) is 8.63. The number of imidazole rings is 1. The van der Waals surface area contributed by atoms with Gasteiger partial charge < -0.3 is 22.2 Å². The average molecular weight is 383 g/mol. The van der Waals surface area contributed by atoms with E-state index < -0.39 is 0 Å². The van der Waals surface area contributed by atoms with Crippen molar-refractivity contribution in [2.45, 2.75) is 0 Å². The minimum Gasteiger partial charge on any atom is -1.00 e. The third kappa shape index (κ3) is 6.34. The first kappa shape index (κ1) is 21.5. The van der Waals surface area contributed by atoms with Crippen LogP contribution < -0.4 is 21.9 Å². The Bertz CT molecular complexity index is 651. The molecule has 8 heteroatoms. The molecule has 0 aliphatic heterocycles. The number of halogens is 1. The average Bonchev–Trinajstić information content (AvgIpc) is 2.90. The Kier molecular flexibility index (Phi) is 8.96. The minimum atomic E-state index is 0. The van der Waals surface area contributed by atoms with E-state index in [-0.39, 0.29) is 12.4 Å². The number of anilines is 1. The zero-order valence-corrected chi connectivity index (χ0v) is 17.0. The first-order valence-electron chi connectivity index (χ1n) is 8.04. The number of rotatable bonds is 8. The number of hydrogen-bond donors (Lipinski definition) is 1. The highest BCUT2D eigenvalue weighted by molar-refractivity contribution is 7.80. The van der Waals surface area contributed by atoms with Crippen molar-refractivity contribution >= 4 is 30.0 Å². The summed E-state index contributed by atoms with van der Waals surface area (Å²) in [5.74, 6) is 1.70. The van der Waals surface area contributed by atoms with Crippen molar-refractivity contribution in [1.82, 2.24) is 9.47 Å². The zero-order valence-electron chi connectivity index (χ0n) is 15.3. The van der Waals surface area contributed by atoms with Crippen LogP contribution in [0.3, 0.4) is 0 Å². The van der Waals surface area contributed by atoms with Gasteiger partial charge >= 0.3 is 5.95 Å². The van der Waals surface area contributed by atoms with E-state index in [1.165, 1.54) is 5.69 Å². The molecule has 0 saturated carbocycles. The molecule has 1 aromatic heterocycles. The fraction of sp³-hybridized carbons (Fsp3) is 0.471. The summed E-state index contributed by atoms with van der Waals surface area (Å²) < 4.78 is 3.87. The number of benzene rings is 1. The highest BCUT2D eigenvalue weighted by atomic mass is 35.5. The quantitative estimate of drug-likeness (QED) is 0.382. The lowest BCUT2D eigenvalue weighted by Crippen LogP contribution is -3.00. The van der Waals surface area contributed by atoms with Crippen LogP contribution in [0, 0.1) is 0 Å². The lowest BCUT2D eigenvalue weighted by molar-refractivity contribution is -0.657. The van der Waals surface area contributed by atoms with E-state index >= 15 is 0 Å². The summed E-state index contributed by atoms with van der Waals surface area (Å²) in [7, 11) is 8.14. The van der Waals surface area contributed by atoms with Gasteiger partial charge in [0.25, 0.3) is 0 Å². The van der Waals surface area contributed by atoms with Gasteiger partial charge in [0, 0.05) is 43.2 Å². The molecule has 0 N–H and O–H groups in total. The largest absolute Gasteiger partial charge is 1.00 e. The number of azo groups is 1. The van der Waals surface area contributed by atoms with E-state index in [1.807, 2.05) is 47.8 Å². The fourth-order valence-corrected chi connectivity index (χ4v) is 2.67. The first-order valence-corrected chi connectivity index (χ1v) is 8.68. The van der Waals surface area contributed by atoms with E-state index in [4.69, 9.17) is 0 Å². The lowest BCUT2D eigenvalue weighted by Gasteiger charge is -2.23. The molecule has 0 saturated heterocycles.